The van der Waals surface area contributed by atoms with Gasteiger partial charge in [0.2, 0.25) is 11.8 Å². The molecule has 9 nitrogen and oxygen atoms in total. The largest absolute Gasteiger partial charge is 0.494 e. The minimum absolute atomic E-state index is 0.0562. The summed E-state index contributed by atoms with van der Waals surface area (Å²) in [6.45, 7) is 6.66. The maximum absolute atomic E-state index is 13.1. The molecule has 0 aliphatic rings. The molecule has 0 amide bonds. The molecule has 3 aromatic heterocycles. The van der Waals surface area contributed by atoms with Crippen molar-refractivity contribution < 1.29 is 22.6 Å². The number of anilines is 2. The maximum Gasteiger partial charge on any atom is 0.425 e. The second-order valence-corrected chi connectivity index (χ2v) is 8.00. The number of aryl methyl sites for hydroxylation is 1. The van der Waals surface area contributed by atoms with Gasteiger partial charge in [-0.2, -0.15) is 27.8 Å². The fourth-order valence-corrected chi connectivity index (χ4v) is 3.34. The first-order valence-corrected chi connectivity index (χ1v) is 10.5. The molecular weight excluding hydrogens is 451 g/mol. The molecule has 34 heavy (non-hydrogen) atoms. The van der Waals surface area contributed by atoms with Crippen molar-refractivity contribution in [1.29, 1.82) is 0 Å². The fourth-order valence-electron chi connectivity index (χ4n) is 3.34. The maximum atomic E-state index is 13.1. The third kappa shape index (κ3) is 4.61. The molecule has 0 fully saturated rings. The number of methoxy groups -OCH3 is 1. The van der Waals surface area contributed by atoms with Crippen molar-refractivity contribution in [2.75, 3.05) is 12.4 Å². The summed E-state index contributed by atoms with van der Waals surface area (Å²) in [4.78, 5) is 8.63. The minimum Gasteiger partial charge on any atom is -0.494 e. The van der Waals surface area contributed by atoms with Crippen LogP contribution in [0.4, 0.5) is 24.8 Å². The summed E-state index contributed by atoms with van der Waals surface area (Å²) < 4.78 is 52.7. The number of pyridine rings is 1. The van der Waals surface area contributed by atoms with Crippen LogP contribution in [0.15, 0.2) is 36.7 Å². The van der Waals surface area contributed by atoms with Crippen LogP contribution < -0.4 is 14.8 Å². The molecule has 0 aliphatic carbocycles. The number of hydrogen-bond donors (Lipinski definition) is 1. The number of aromatic nitrogens is 6. The smallest absolute Gasteiger partial charge is 0.425 e. The van der Waals surface area contributed by atoms with Crippen molar-refractivity contribution in [3.63, 3.8) is 0 Å². The topological polar surface area (TPSA) is 91.4 Å². The van der Waals surface area contributed by atoms with E-state index in [1.807, 2.05) is 13.8 Å². The van der Waals surface area contributed by atoms with Gasteiger partial charge in [0.05, 0.1) is 7.11 Å². The normalized spacial score (nSPS) is 12.9. The molecule has 0 radical (unpaired) electrons. The lowest BCUT2D eigenvalue weighted by Gasteiger charge is -2.18. The van der Waals surface area contributed by atoms with Gasteiger partial charge in [-0.05, 0) is 43.5 Å². The number of hydrogen-bond acceptors (Lipinski definition) is 7. The Morgan fingerprint density at radius 1 is 1.06 bits per heavy atom. The van der Waals surface area contributed by atoms with Crippen LogP contribution in [-0.2, 0) is 0 Å². The van der Waals surface area contributed by atoms with Gasteiger partial charge in [0.25, 0.3) is 0 Å². The van der Waals surface area contributed by atoms with Crippen LogP contribution in [0.5, 0.6) is 11.6 Å². The highest BCUT2D eigenvalue weighted by atomic mass is 19.4. The first-order chi connectivity index (χ1) is 16.1. The van der Waals surface area contributed by atoms with Gasteiger partial charge < -0.3 is 14.8 Å². The standard InChI is InChI=1S/C22H24F3N7O2/c1-12(2)16-7-9-19(34-13(3)22(23,24)25)32-20(16)28-21(30-32)27-15-6-8-17(18(10-15)33-5)31-11-26-14(4)29-31/h6-13H,1-5H3,(H,27,30). The Hall–Kier alpha value is -3.83. The van der Waals surface area contributed by atoms with Crippen LogP contribution in [0.25, 0.3) is 11.3 Å². The van der Waals surface area contributed by atoms with Gasteiger partial charge in [-0.25, -0.2) is 9.67 Å². The number of rotatable bonds is 7. The van der Waals surface area contributed by atoms with Crippen LogP contribution >= 0.6 is 0 Å². The van der Waals surface area contributed by atoms with Crippen LogP contribution in [0.1, 0.15) is 38.1 Å². The Labute approximate surface area is 193 Å². The van der Waals surface area contributed by atoms with Crippen molar-refractivity contribution in [2.45, 2.75) is 45.9 Å². The lowest BCUT2D eigenvalue weighted by Crippen LogP contribution is -2.31. The van der Waals surface area contributed by atoms with E-state index in [-0.39, 0.29) is 17.7 Å². The Kier molecular flexibility index (Phi) is 6.07. The van der Waals surface area contributed by atoms with Crippen molar-refractivity contribution in [2.24, 2.45) is 0 Å². The first-order valence-electron chi connectivity index (χ1n) is 10.5. The van der Waals surface area contributed by atoms with Crippen LogP contribution in [0.2, 0.25) is 0 Å². The summed E-state index contributed by atoms with van der Waals surface area (Å²) in [5, 5.41) is 11.7. The van der Waals surface area contributed by atoms with Gasteiger partial charge in [-0.3, -0.25) is 0 Å². The van der Waals surface area contributed by atoms with E-state index in [0.29, 0.717) is 28.6 Å². The zero-order chi connectivity index (χ0) is 24.6. The molecule has 0 saturated carbocycles. The number of ether oxygens (including phenoxy) is 2. The first kappa shape index (κ1) is 23.3. The quantitative estimate of drug-likeness (QED) is 0.410. The second kappa shape index (κ2) is 8.84. The third-order valence-electron chi connectivity index (χ3n) is 5.15. The molecule has 0 saturated heterocycles. The summed E-state index contributed by atoms with van der Waals surface area (Å²) >= 11 is 0. The molecule has 3 heterocycles. The predicted molar refractivity (Wildman–Crippen MR) is 119 cm³/mol. The van der Waals surface area contributed by atoms with Crippen molar-refractivity contribution in [3.05, 3.63) is 48.0 Å². The van der Waals surface area contributed by atoms with Gasteiger partial charge in [-0.15, -0.1) is 5.10 Å². The molecule has 1 N–H and O–H groups in total. The summed E-state index contributed by atoms with van der Waals surface area (Å²) in [5.41, 5.74) is 2.54. The van der Waals surface area contributed by atoms with E-state index in [1.54, 1.807) is 42.2 Å². The highest BCUT2D eigenvalue weighted by Crippen LogP contribution is 2.31. The molecule has 1 unspecified atom stereocenters. The van der Waals surface area contributed by atoms with Gasteiger partial charge in [-0.1, -0.05) is 13.8 Å². The number of nitrogens with one attached hydrogen (secondary N) is 1. The molecule has 4 rings (SSSR count). The monoisotopic (exact) mass is 475 g/mol. The second-order valence-electron chi connectivity index (χ2n) is 8.00. The van der Waals surface area contributed by atoms with E-state index in [0.717, 1.165) is 12.5 Å². The van der Waals surface area contributed by atoms with Gasteiger partial charge in [0.1, 0.15) is 23.6 Å². The SMILES string of the molecule is COc1cc(Nc2nc3c(C(C)C)ccc(OC(C)C(F)(F)F)n3n2)ccc1-n1cnc(C)n1. The predicted octanol–water partition coefficient (Wildman–Crippen LogP) is 4.82. The van der Waals surface area contributed by atoms with Gasteiger partial charge in [0.15, 0.2) is 11.8 Å². The molecule has 12 heteroatoms. The van der Waals surface area contributed by atoms with E-state index in [9.17, 15) is 13.2 Å². The fraction of sp³-hybridized carbons (Fsp3) is 0.364. The summed E-state index contributed by atoms with van der Waals surface area (Å²) in [6, 6.07) is 8.50. The Morgan fingerprint density at radius 3 is 2.44 bits per heavy atom. The molecule has 180 valence electrons. The number of fused-ring (bicyclic) bond motifs is 1. The van der Waals surface area contributed by atoms with Crippen molar-refractivity contribution in [1.82, 2.24) is 29.4 Å². The zero-order valence-electron chi connectivity index (χ0n) is 19.3. The van der Waals surface area contributed by atoms with Gasteiger partial charge in [0, 0.05) is 17.8 Å². The molecule has 0 bridgehead atoms. The van der Waals surface area contributed by atoms with Crippen molar-refractivity contribution >= 4 is 17.3 Å². The van der Waals surface area contributed by atoms with E-state index < -0.39 is 12.3 Å². The Balaban J connectivity index is 1.69. The summed E-state index contributed by atoms with van der Waals surface area (Å²) in [7, 11) is 1.54. The molecular formula is C22H24F3N7O2. The third-order valence-corrected chi connectivity index (χ3v) is 5.15. The number of nitrogens with zero attached hydrogens (tertiary/aromatic N) is 6. The highest BCUT2D eigenvalue weighted by Gasteiger charge is 2.38. The lowest BCUT2D eigenvalue weighted by molar-refractivity contribution is -0.190. The molecule has 0 spiro atoms. The van der Waals surface area contributed by atoms with E-state index in [1.165, 1.54) is 17.7 Å². The van der Waals surface area contributed by atoms with Gasteiger partial charge >= 0.3 is 6.18 Å². The number of halogens is 3. The molecule has 1 aromatic carbocycles. The Bertz CT molecular complexity index is 1310. The van der Waals surface area contributed by atoms with Crippen LogP contribution in [0, 0.1) is 6.92 Å². The lowest BCUT2D eigenvalue weighted by atomic mass is 10.1. The van der Waals surface area contributed by atoms with Crippen LogP contribution in [-0.4, -0.2) is 48.8 Å². The number of benzene rings is 1. The Morgan fingerprint density at radius 2 is 1.82 bits per heavy atom. The van der Waals surface area contributed by atoms with E-state index in [2.05, 4.69) is 25.5 Å². The van der Waals surface area contributed by atoms with E-state index in [4.69, 9.17) is 9.47 Å². The summed E-state index contributed by atoms with van der Waals surface area (Å²) in [6.07, 6.45) is -4.93. The zero-order valence-corrected chi connectivity index (χ0v) is 19.3. The molecule has 0 aliphatic heterocycles. The minimum atomic E-state index is -4.51. The molecule has 1 atom stereocenters. The average molecular weight is 475 g/mol. The van der Waals surface area contributed by atoms with Crippen molar-refractivity contribution in [3.8, 4) is 17.3 Å². The summed E-state index contributed by atoms with van der Waals surface area (Å²) in [5.74, 6) is 1.36. The van der Waals surface area contributed by atoms with Crippen LogP contribution in [0.3, 0.4) is 0 Å². The molecule has 4 aromatic rings. The number of alkyl halides is 3. The average Bonchev–Trinajstić information content (AvgIpc) is 3.39. The van der Waals surface area contributed by atoms with E-state index >= 15 is 0 Å². The highest BCUT2D eigenvalue weighted by molar-refractivity contribution is 5.63.